The van der Waals surface area contributed by atoms with Gasteiger partial charge >= 0.3 is 0 Å². The molecule has 1 aliphatic heterocycles. The first-order chi connectivity index (χ1) is 11.6. The average Bonchev–Trinajstić information content (AvgIpc) is 2.97. The van der Waals surface area contributed by atoms with E-state index in [4.69, 9.17) is 16.7 Å². The van der Waals surface area contributed by atoms with Gasteiger partial charge in [-0.05, 0) is 37.6 Å². The Morgan fingerprint density at radius 2 is 2.29 bits per heavy atom. The lowest BCUT2D eigenvalue weighted by Crippen LogP contribution is -2.44. The van der Waals surface area contributed by atoms with E-state index >= 15 is 0 Å². The number of rotatable bonds is 4. The van der Waals surface area contributed by atoms with Crippen LogP contribution in [0.4, 0.5) is 0 Å². The SMILES string of the molecule is N#Cc1ccc2sc(/C(C(N)=O)=C(/N)N[C@@H]3CCCNC3)nc2c1. The highest BCUT2D eigenvalue weighted by Crippen LogP contribution is 2.28. The van der Waals surface area contributed by atoms with Gasteiger partial charge in [0.1, 0.15) is 16.4 Å². The fourth-order valence-corrected chi connectivity index (χ4v) is 3.73. The summed E-state index contributed by atoms with van der Waals surface area (Å²) in [5.74, 6) is -0.376. The summed E-state index contributed by atoms with van der Waals surface area (Å²) in [6.07, 6.45) is 2.03. The minimum absolute atomic E-state index is 0.160. The second-order valence-electron chi connectivity index (χ2n) is 5.65. The quantitative estimate of drug-likeness (QED) is 0.603. The van der Waals surface area contributed by atoms with E-state index in [-0.39, 0.29) is 17.4 Å². The second kappa shape index (κ2) is 6.86. The molecule has 24 heavy (non-hydrogen) atoms. The number of fused-ring (bicyclic) bond motifs is 1. The van der Waals surface area contributed by atoms with E-state index in [2.05, 4.69) is 21.7 Å². The van der Waals surface area contributed by atoms with Crippen LogP contribution in [-0.2, 0) is 4.79 Å². The third-order valence-electron chi connectivity index (χ3n) is 3.90. The Balaban J connectivity index is 1.96. The van der Waals surface area contributed by atoms with Crippen molar-refractivity contribution in [2.75, 3.05) is 13.1 Å². The molecule has 2 aromatic rings. The van der Waals surface area contributed by atoms with Crippen molar-refractivity contribution in [1.82, 2.24) is 15.6 Å². The van der Waals surface area contributed by atoms with Gasteiger partial charge < -0.3 is 22.1 Å². The minimum atomic E-state index is -0.622. The van der Waals surface area contributed by atoms with Crippen molar-refractivity contribution in [3.63, 3.8) is 0 Å². The van der Waals surface area contributed by atoms with Crippen molar-refractivity contribution in [2.45, 2.75) is 18.9 Å². The summed E-state index contributed by atoms with van der Waals surface area (Å²) in [5, 5.41) is 15.9. The number of thiazole rings is 1. The first-order valence-electron chi connectivity index (χ1n) is 7.66. The molecule has 2 heterocycles. The van der Waals surface area contributed by atoms with Crippen molar-refractivity contribution in [1.29, 1.82) is 5.26 Å². The maximum Gasteiger partial charge on any atom is 0.255 e. The highest BCUT2D eigenvalue weighted by Gasteiger charge is 2.21. The molecule has 1 aliphatic rings. The fourth-order valence-electron chi connectivity index (χ4n) is 2.72. The van der Waals surface area contributed by atoms with Crippen LogP contribution in [0.1, 0.15) is 23.4 Å². The Hall–Kier alpha value is -2.63. The molecule has 3 rings (SSSR count). The topological polar surface area (TPSA) is 130 Å². The van der Waals surface area contributed by atoms with Crippen LogP contribution in [0.2, 0.25) is 0 Å². The Kier molecular flexibility index (Phi) is 4.64. The Bertz CT molecular complexity index is 844. The zero-order valence-electron chi connectivity index (χ0n) is 13.0. The van der Waals surface area contributed by atoms with Gasteiger partial charge in [-0.3, -0.25) is 4.79 Å². The summed E-state index contributed by atoms with van der Waals surface area (Å²) in [6, 6.07) is 7.44. The van der Waals surface area contributed by atoms with Crippen molar-refractivity contribution in [2.24, 2.45) is 11.5 Å². The van der Waals surface area contributed by atoms with Gasteiger partial charge in [0.25, 0.3) is 5.91 Å². The predicted octanol–water partition coefficient (Wildman–Crippen LogP) is 0.622. The number of carbonyl (C=O) groups is 1. The molecule has 1 aromatic heterocycles. The lowest BCUT2D eigenvalue weighted by molar-refractivity contribution is -0.112. The van der Waals surface area contributed by atoms with Gasteiger partial charge in [0.15, 0.2) is 0 Å². The molecule has 1 aromatic carbocycles. The number of hydrogen-bond donors (Lipinski definition) is 4. The number of benzene rings is 1. The number of aromatic nitrogens is 1. The number of carbonyl (C=O) groups excluding carboxylic acids is 1. The van der Waals surface area contributed by atoms with E-state index < -0.39 is 5.91 Å². The van der Waals surface area contributed by atoms with Crippen LogP contribution in [0.15, 0.2) is 24.0 Å². The number of nitrogens with one attached hydrogen (secondary N) is 2. The van der Waals surface area contributed by atoms with Gasteiger partial charge in [-0.25, -0.2) is 4.98 Å². The van der Waals surface area contributed by atoms with Gasteiger partial charge in [0, 0.05) is 12.6 Å². The molecule has 1 saturated heterocycles. The molecular formula is C16H18N6OS. The van der Waals surface area contributed by atoms with Crippen LogP contribution in [0.25, 0.3) is 15.8 Å². The molecule has 124 valence electrons. The Labute approximate surface area is 143 Å². The highest BCUT2D eigenvalue weighted by molar-refractivity contribution is 7.19. The maximum absolute atomic E-state index is 11.9. The molecule has 1 atom stereocenters. The predicted molar refractivity (Wildman–Crippen MR) is 93.7 cm³/mol. The molecule has 0 saturated carbocycles. The smallest absolute Gasteiger partial charge is 0.255 e. The number of nitrogens with two attached hydrogens (primary N) is 2. The third-order valence-corrected chi connectivity index (χ3v) is 4.96. The average molecular weight is 342 g/mol. The van der Waals surface area contributed by atoms with E-state index in [0.29, 0.717) is 16.1 Å². The van der Waals surface area contributed by atoms with Gasteiger partial charge in [0.2, 0.25) is 0 Å². The van der Waals surface area contributed by atoms with Gasteiger partial charge in [-0.1, -0.05) is 0 Å². The van der Waals surface area contributed by atoms with Gasteiger partial charge in [0.05, 0.1) is 21.8 Å². The van der Waals surface area contributed by atoms with Crippen LogP contribution in [0, 0.1) is 11.3 Å². The van der Waals surface area contributed by atoms with Crippen LogP contribution in [0.3, 0.4) is 0 Å². The molecule has 0 radical (unpaired) electrons. The Morgan fingerprint density at radius 1 is 1.46 bits per heavy atom. The third kappa shape index (κ3) is 3.32. The van der Waals surface area contributed by atoms with Crippen molar-refractivity contribution in [3.8, 4) is 6.07 Å². The van der Waals surface area contributed by atoms with Gasteiger partial charge in [-0.15, -0.1) is 11.3 Å². The van der Waals surface area contributed by atoms with E-state index in [9.17, 15) is 4.79 Å². The zero-order chi connectivity index (χ0) is 17.1. The molecule has 6 N–H and O–H groups in total. The molecule has 0 unspecified atom stereocenters. The van der Waals surface area contributed by atoms with Crippen molar-refractivity contribution < 1.29 is 4.79 Å². The van der Waals surface area contributed by atoms with E-state index in [1.807, 2.05) is 6.07 Å². The summed E-state index contributed by atoms with van der Waals surface area (Å²) in [7, 11) is 0. The van der Waals surface area contributed by atoms with Crippen LogP contribution < -0.4 is 22.1 Å². The van der Waals surface area contributed by atoms with Crippen LogP contribution in [-0.4, -0.2) is 30.0 Å². The number of nitriles is 1. The summed E-state index contributed by atoms with van der Waals surface area (Å²) in [4.78, 5) is 16.4. The maximum atomic E-state index is 11.9. The number of nitrogens with zero attached hydrogens (tertiary/aromatic N) is 2. The summed E-state index contributed by atoms with van der Waals surface area (Å²) < 4.78 is 0.870. The summed E-state index contributed by atoms with van der Waals surface area (Å²) >= 11 is 1.33. The molecule has 7 nitrogen and oxygen atoms in total. The lowest BCUT2D eigenvalue weighted by atomic mass is 10.1. The zero-order valence-corrected chi connectivity index (χ0v) is 13.8. The summed E-state index contributed by atoms with van der Waals surface area (Å²) in [6.45, 7) is 1.78. The number of primary amides is 1. The largest absolute Gasteiger partial charge is 0.385 e. The normalized spacial score (nSPS) is 18.7. The lowest BCUT2D eigenvalue weighted by Gasteiger charge is -2.25. The molecule has 0 spiro atoms. The van der Waals surface area contributed by atoms with Crippen LogP contribution in [0.5, 0.6) is 0 Å². The first kappa shape index (κ1) is 16.2. The molecule has 0 aliphatic carbocycles. The number of amides is 1. The molecular weight excluding hydrogens is 324 g/mol. The Morgan fingerprint density at radius 3 is 2.96 bits per heavy atom. The molecule has 0 bridgehead atoms. The molecule has 1 fully saturated rings. The first-order valence-corrected chi connectivity index (χ1v) is 8.48. The second-order valence-corrected chi connectivity index (χ2v) is 6.68. The number of piperidine rings is 1. The monoisotopic (exact) mass is 342 g/mol. The fraction of sp³-hybridized carbons (Fsp3) is 0.312. The van der Waals surface area contributed by atoms with Crippen molar-refractivity contribution in [3.05, 3.63) is 34.6 Å². The number of hydrogen-bond acceptors (Lipinski definition) is 7. The van der Waals surface area contributed by atoms with Gasteiger partial charge in [-0.2, -0.15) is 5.26 Å². The van der Waals surface area contributed by atoms with Crippen LogP contribution >= 0.6 is 11.3 Å². The molecule has 8 heteroatoms. The summed E-state index contributed by atoms with van der Waals surface area (Å²) in [5.41, 5.74) is 13.0. The minimum Gasteiger partial charge on any atom is -0.385 e. The molecule has 1 amide bonds. The van der Waals surface area contributed by atoms with E-state index in [1.165, 1.54) is 11.3 Å². The van der Waals surface area contributed by atoms with E-state index in [1.54, 1.807) is 12.1 Å². The highest BCUT2D eigenvalue weighted by atomic mass is 32.1. The standard InChI is InChI=1S/C16H18N6OS/c17-7-9-3-4-12-11(6-9)22-16(24-12)13(15(19)23)14(18)21-10-2-1-5-20-8-10/h3-4,6,10,20-21H,1-2,5,8,18H2,(H2,19,23)/b14-13-/t10-/m1/s1. The van der Waals surface area contributed by atoms with E-state index in [0.717, 1.165) is 30.6 Å². The van der Waals surface area contributed by atoms with Crippen molar-refractivity contribution >= 4 is 33.0 Å².